The third-order valence-electron chi connectivity index (χ3n) is 5.80. The monoisotopic (exact) mass is 437 g/mol. The molecular formula is C26H44ClNO2. The zero-order valence-electron chi connectivity index (χ0n) is 19.2. The van der Waals surface area contributed by atoms with Gasteiger partial charge >= 0.3 is 0 Å². The third-order valence-corrected chi connectivity index (χ3v) is 6.03. The van der Waals surface area contributed by atoms with E-state index in [2.05, 4.69) is 12.2 Å². The topological polar surface area (TPSA) is 49.3 Å². The molecule has 172 valence electrons. The number of hydrogen-bond donors (Lipinski definition) is 2. The number of hydrogen-bond acceptors (Lipinski definition) is 2. The minimum atomic E-state index is -0.178. The van der Waals surface area contributed by atoms with E-state index in [4.69, 9.17) is 11.6 Å². The van der Waals surface area contributed by atoms with Crippen LogP contribution in [0.3, 0.4) is 0 Å². The molecule has 4 heteroatoms. The highest BCUT2D eigenvalue weighted by Crippen LogP contribution is 2.17. The average Bonchev–Trinajstić information content (AvgIpc) is 2.75. The van der Waals surface area contributed by atoms with Crippen LogP contribution in [0.15, 0.2) is 18.2 Å². The van der Waals surface area contributed by atoms with E-state index in [-0.39, 0.29) is 12.5 Å². The highest BCUT2D eigenvalue weighted by Gasteiger charge is 2.10. The number of rotatable bonds is 19. The van der Waals surface area contributed by atoms with Gasteiger partial charge in [0.05, 0.1) is 6.61 Å². The molecule has 1 amide bonds. The van der Waals surface area contributed by atoms with Crippen LogP contribution in [0.2, 0.25) is 5.02 Å². The second-order valence-corrected chi connectivity index (χ2v) is 8.96. The van der Waals surface area contributed by atoms with Gasteiger partial charge in [0, 0.05) is 17.1 Å². The van der Waals surface area contributed by atoms with Gasteiger partial charge in [-0.2, -0.15) is 0 Å². The highest BCUT2D eigenvalue weighted by molar-refractivity contribution is 6.30. The molecule has 0 fully saturated rings. The summed E-state index contributed by atoms with van der Waals surface area (Å²) in [6, 6.07) is 5.01. The van der Waals surface area contributed by atoms with Crippen molar-refractivity contribution < 1.29 is 9.90 Å². The first-order valence-electron chi connectivity index (χ1n) is 12.4. The quantitative estimate of drug-likeness (QED) is 0.216. The van der Waals surface area contributed by atoms with Gasteiger partial charge in [0.1, 0.15) is 0 Å². The van der Waals surface area contributed by atoms with Gasteiger partial charge in [-0.05, 0) is 30.2 Å². The van der Waals surface area contributed by atoms with Crippen LogP contribution in [0.1, 0.15) is 126 Å². The fourth-order valence-electron chi connectivity index (χ4n) is 3.88. The standard InChI is InChI=1S/C26H44ClNO2/c1-2-3-4-5-6-7-8-9-10-11-12-13-14-15-16-17-20-28-26(30)25-19-18-24(27)21-23(25)22-29/h18-19,21,29H,2-17,20,22H2,1H3,(H,28,30). The van der Waals surface area contributed by atoms with Gasteiger partial charge in [-0.25, -0.2) is 0 Å². The molecule has 1 aromatic carbocycles. The van der Waals surface area contributed by atoms with Crippen molar-refractivity contribution in [3.63, 3.8) is 0 Å². The van der Waals surface area contributed by atoms with Crippen molar-refractivity contribution in [3.8, 4) is 0 Å². The Morgan fingerprint density at radius 1 is 0.800 bits per heavy atom. The zero-order valence-corrected chi connectivity index (χ0v) is 19.9. The largest absolute Gasteiger partial charge is 0.392 e. The fourth-order valence-corrected chi connectivity index (χ4v) is 4.08. The Labute approximate surface area is 190 Å². The lowest BCUT2D eigenvalue weighted by molar-refractivity contribution is 0.0950. The molecule has 30 heavy (non-hydrogen) atoms. The molecule has 1 aromatic rings. The van der Waals surface area contributed by atoms with Crippen molar-refractivity contribution in [1.29, 1.82) is 0 Å². The van der Waals surface area contributed by atoms with E-state index in [9.17, 15) is 9.90 Å². The maximum atomic E-state index is 12.2. The molecule has 0 aliphatic heterocycles. The molecule has 0 saturated carbocycles. The van der Waals surface area contributed by atoms with Gasteiger partial charge in [-0.1, -0.05) is 115 Å². The van der Waals surface area contributed by atoms with E-state index < -0.39 is 0 Å². The third kappa shape index (κ3) is 13.3. The summed E-state index contributed by atoms with van der Waals surface area (Å²) in [6.45, 7) is 2.78. The van der Waals surface area contributed by atoms with Crippen molar-refractivity contribution in [3.05, 3.63) is 34.3 Å². The van der Waals surface area contributed by atoms with Crippen LogP contribution >= 0.6 is 11.6 Å². The number of carbonyl (C=O) groups excluding carboxylic acids is 1. The van der Waals surface area contributed by atoms with Crippen LogP contribution in [-0.2, 0) is 6.61 Å². The van der Waals surface area contributed by atoms with Crippen molar-refractivity contribution in [1.82, 2.24) is 5.32 Å². The van der Waals surface area contributed by atoms with Crippen LogP contribution in [-0.4, -0.2) is 17.6 Å². The van der Waals surface area contributed by atoms with E-state index in [0.717, 1.165) is 12.8 Å². The number of nitrogens with one attached hydrogen (secondary N) is 1. The molecule has 0 spiro atoms. The predicted molar refractivity (Wildman–Crippen MR) is 129 cm³/mol. The SMILES string of the molecule is CCCCCCCCCCCCCCCCCCNC(=O)c1ccc(Cl)cc1CO. The van der Waals surface area contributed by atoms with Crippen LogP contribution in [0.25, 0.3) is 0 Å². The number of amides is 1. The summed E-state index contributed by atoms with van der Waals surface area (Å²) in [7, 11) is 0. The average molecular weight is 438 g/mol. The number of aliphatic hydroxyl groups is 1. The Hall–Kier alpha value is -1.06. The summed E-state index contributed by atoms with van der Waals surface area (Å²) in [6.07, 6.45) is 21.5. The molecule has 0 radical (unpaired) electrons. The van der Waals surface area contributed by atoms with Gasteiger partial charge in [0.15, 0.2) is 0 Å². The smallest absolute Gasteiger partial charge is 0.251 e. The van der Waals surface area contributed by atoms with Gasteiger partial charge in [0.25, 0.3) is 5.91 Å². The minimum absolute atomic E-state index is 0.128. The molecule has 0 bridgehead atoms. The number of aliphatic hydroxyl groups excluding tert-OH is 1. The molecule has 2 N–H and O–H groups in total. The number of carbonyl (C=O) groups is 1. The van der Waals surface area contributed by atoms with Gasteiger partial charge < -0.3 is 10.4 Å². The molecule has 1 rings (SSSR count). The Kier molecular flexibility index (Phi) is 16.8. The normalized spacial score (nSPS) is 11.0. The van der Waals surface area contributed by atoms with Crippen LogP contribution in [0, 0.1) is 0 Å². The first kappa shape index (κ1) is 27.0. The summed E-state index contributed by atoms with van der Waals surface area (Å²) in [4.78, 5) is 12.2. The van der Waals surface area contributed by atoms with E-state index in [1.165, 1.54) is 89.9 Å². The van der Waals surface area contributed by atoms with E-state index in [0.29, 0.717) is 22.7 Å². The molecule has 3 nitrogen and oxygen atoms in total. The van der Waals surface area contributed by atoms with Gasteiger partial charge in [-0.15, -0.1) is 0 Å². The molecule has 0 saturated heterocycles. The molecule has 0 aliphatic rings. The Morgan fingerprint density at radius 3 is 1.73 bits per heavy atom. The van der Waals surface area contributed by atoms with E-state index in [1.54, 1.807) is 18.2 Å². The molecule has 0 atom stereocenters. The fraction of sp³-hybridized carbons (Fsp3) is 0.731. The second-order valence-electron chi connectivity index (χ2n) is 8.52. The lowest BCUT2D eigenvalue weighted by atomic mass is 10.0. The summed E-state index contributed by atoms with van der Waals surface area (Å²) < 4.78 is 0. The van der Waals surface area contributed by atoms with Gasteiger partial charge in [0.2, 0.25) is 0 Å². The molecule has 0 aromatic heterocycles. The van der Waals surface area contributed by atoms with Crippen molar-refractivity contribution >= 4 is 17.5 Å². The maximum Gasteiger partial charge on any atom is 0.251 e. The lowest BCUT2D eigenvalue weighted by Crippen LogP contribution is -2.25. The molecule has 0 aliphatic carbocycles. The van der Waals surface area contributed by atoms with Crippen LogP contribution in [0.4, 0.5) is 0 Å². The Bertz CT molecular complexity index is 562. The minimum Gasteiger partial charge on any atom is -0.392 e. The second kappa shape index (κ2) is 18.7. The lowest BCUT2D eigenvalue weighted by Gasteiger charge is -2.09. The van der Waals surface area contributed by atoms with E-state index in [1.807, 2.05) is 0 Å². The molecule has 0 unspecified atom stereocenters. The predicted octanol–water partition coefficient (Wildman–Crippen LogP) is 7.82. The summed E-state index contributed by atoms with van der Waals surface area (Å²) in [5.74, 6) is -0.128. The summed E-state index contributed by atoms with van der Waals surface area (Å²) in [5.41, 5.74) is 1.09. The number of unbranched alkanes of at least 4 members (excludes halogenated alkanes) is 15. The first-order chi connectivity index (χ1) is 14.7. The van der Waals surface area contributed by atoms with Crippen LogP contribution in [0.5, 0.6) is 0 Å². The Morgan fingerprint density at radius 2 is 1.27 bits per heavy atom. The molecule has 0 heterocycles. The maximum absolute atomic E-state index is 12.2. The summed E-state index contributed by atoms with van der Waals surface area (Å²) >= 11 is 5.91. The van der Waals surface area contributed by atoms with Crippen molar-refractivity contribution in [2.45, 2.75) is 116 Å². The number of halogens is 1. The summed E-state index contributed by atoms with van der Waals surface area (Å²) in [5, 5.41) is 12.9. The van der Waals surface area contributed by atoms with E-state index >= 15 is 0 Å². The first-order valence-corrected chi connectivity index (χ1v) is 12.7. The van der Waals surface area contributed by atoms with Crippen LogP contribution < -0.4 is 5.32 Å². The molecular weight excluding hydrogens is 394 g/mol. The highest BCUT2D eigenvalue weighted by atomic mass is 35.5. The number of benzene rings is 1. The zero-order chi connectivity index (χ0) is 21.9. The van der Waals surface area contributed by atoms with Gasteiger partial charge in [-0.3, -0.25) is 4.79 Å². The van der Waals surface area contributed by atoms with Crippen molar-refractivity contribution in [2.24, 2.45) is 0 Å². The Balaban J connectivity index is 1.88. The van der Waals surface area contributed by atoms with Crippen molar-refractivity contribution in [2.75, 3.05) is 6.54 Å².